The van der Waals surface area contributed by atoms with Gasteiger partial charge in [0.2, 0.25) is 0 Å². The third kappa shape index (κ3) is 2.83. The quantitative estimate of drug-likeness (QED) is 0.770. The fourth-order valence-corrected chi connectivity index (χ4v) is 3.75. The zero-order chi connectivity index (χ0) is 14.9. The molecule has 3 atom stereocenters. The van der Waals surface area contributed by atoms with Crippen molar-refractivity contribution in [1.82, 2.24) is 0 Å². The lowest BCUT2D eigenvalue weighted by Crippen LogP contribution is -2.59. The molecule has 2 nitrogen and oxygen atoms in total. The van der Waals surface area contributed by atoms with Crippen LogP contribution in [0.4, 0.5) is 10.1 Å². The molecule has 1 saturated carbocycles. The van der Waals surface area contributed by atoms with Gasteiger partial charge in [0.05, 0.1) is 16.8 Å². The second-order valence-electron chi connectivity index (χ2n) is 5.48. The van der Waals surface area contributed by atoms with Crippen molar-refractivity contribution in [3.63, 3.8) is 0 Å². The molecule has 2 rings (SSSR count). The lowest BCUT2D eigenvalue weighted by atomic mass is 9.61. The van der Waals surface area contributed by atoms with E-state index in [9.17, 15) is 4.39 Å². The van der Waals surface area contributed by atoms with E-state index >= 15 is 0 Å². The number of halogens is 3. The molecule has 3 unspecified atom stereocenters. The van der Waals surface area contributed by atoms with E-state index in [0.29, 0.717) is 9.50 Å². The van der Waals surface area contributed by atoms with Crippen molar-refractivity contribution in [3.8, 4) is 0 Å². The third-order valence-corrected chi connectivity index (χ3v) is 5.36. The summed E-state index contributed by atoms with van der Waals surface area (Å²) in [5, 5.41) is 3.84. The first-order valence-corrected chi connectivity index (χ1v) is 8.12. The molecule has 1 aromatic carbocycles. The van der Waals surface area contributed by atoms with Gasteiger partial charge in [0, 0.05) is 22.5 Å². The Morgan fingerprint density at radius 2 is 2.20 bits per heavy atom. The van der Waals surface area contributed by atoms with Gasteiger partial charge < -0.3 is 10.1 Å². The van der Waals surface area contributed by atoms with Gasteiger partial charge in [-0.1, -0.05) is 25.4 Å². The van der Waals surface area contributed by atoms with E-state index in [1.807, 2.05) is 6.92 Å². The Morgan fingerprint density at radius 1 is 1.50 bits per heavy atom. The summed E-state index contributed by atoms with van der Waals surface area (Å²) in [6.07, 6.45) is 2.23. The first kappa shape index (κ1) is 16.1. The van der Waals surface area contributed by atoms with Crippen LogP contribution in [0.15, 0.2) is 16.6 Å². The largest absolute Gasteiger partial charge is 0.379 e. The molecule has 5 heteroatoms. The van der Waals surface area contributed by atoms with Crippen LogP contribution in [0.1, 0.15) is 33.6 Å². The van der Waals surface area contributed by atoms with Gasteiger partial charge >= 0.3 is 0 Å². The Labute approximate surface area is 133 Å². The maximum Gasteiger partial charge on any atom is 0.125 e. The monoisotopic (exact) mass is 363 g/mol. The molecule has 0 bridgehead atoms. The standard InChI is InChI=1S/C15H20BrClFNO/c1-4-15(3)12(8-13(15)20-5-2)19-14-10(16)6-9(18)7-11(14)17/h6-7,12-13,19H,4-5,8H2,1-3H3. The highest BCUT2D eigenvalue weighted by Gasteiger charge is 2.51. The van der Waals surface area contributed by atoms with Crippen molar-refractivity contribution >= 4 is 33.2 Å². The third-order valence-electron chi connectivity index (χ3n) is 4.44. The van der Waals surface area contributed by atoms with Gasteiger partial charge in [-0.2, -0.15) is 0 Å². The first-order chi connectivity index (χ1) is 9.42. The number of hydrogen-bond donors (Lipinski definition) is 1. The molecule has 1 N–H and O–H groups in total. The first-order valence-electron chi connectivity index (χ1n) is 6.95. The van der Waals surface area contributed by atoms with Gasteiger partial charge in [0.15, 0.2) is 0 Å². The summed E-state index contributed by atoms with van der Waals surface area (Å²) in [5.74, 6) is -0.341. The molecule has 112 valence electrons. The number of hydrogen-bond acceptors (Lipinski definition) is 2. The van der Waals surface area contributed by atoms with Crippen molar-refractivity contribution in [3.05, 3.63) is 27.4 Å². The van der Waals surface area contributed by atoms with Gasteiger partial charge in [0.1, 0.15) is 5.82 Å². The van der Waals surface area contributed by atoms with E-state index in [1.54, 1.807) is 0 Å². The van der Waals surface area contributed by atoms with Crippen LogP contribution in [0, 0.1) is 11.2 Å². The van der Waals surface area contributed by atoms with Crippen LogP contribution in [0.2, 0.25) is 5.02 Å². The van der Waals surface area contributed by atoms with E-state index in [-0.39, 0.29) is 23.4 Å². The molecule has 1 aromatic rings. The van der Waals surface area contributed by atoms with E-state index in [1.165, 1.54) is 12.1 Å². The molecule has 0 aliphatic heterocycles. The molecule has 1 fully saturated rings. The minimum Gasteiger partial charge on any atom is -0.379 e. The number of nitrogens with one attached hydrogen (secondary N) is 1. The SMILES string of the molecule is CCOC1CC(Nc2c(Cl)cc(F)cc2Br)C1(C)CC. The highest BCUT2D eigenvalue weighted by atomic mass is 79.9. The summed E-state index contributed by atoms with van der Waals surface area (Å²) in [6, 6.07) is 3.04. The Bertz CT molecular complexity index is 476. The molecule has 0 radical (unpaired) electrons. The molecule has 1 aliphatic rings. The van der Waals surface area contributed by atoms with Crippen molar-refractivity contribution in [2.45, 2.75) is 45.8 Å². The molecule has 0 amide bonds. The van der Waals surface area contributed by atoms with Crippen LogP contribution < -0.4 is 5.32 Å². The number of rotatable bonds is 5. The van der Waals surface area contributed by atoms with Crippen molar-refractivity contribution in [2.75, 3.05) is 11.9 Å². The second kappa shape index (κ2) is 6.20. The molecule has 1 aliphatic carbocycles. The van der Waals surface area contributed by atoms with Crippen LogP contribution in [0.3, 0.4) is 0 Å². The average molecular weight is 365 g/mol. The van der Waals surface area contributed by atoms with Crippen molar-refractivity contribution in [1.29, 1.82) is 0 Å². The van der Waals surface area contributed by atoms with Crippen molar-refractivity contribution < 1.29 is 9.13 Å². The Morgan fingerprint density at radius 3 is 2.75 bits per heavy atom. The van der Waals surface area contributed by atoms with Gasteiger partial charge in [-0.15, -0.1) is 0 Å². The van der Waals surface area contributed by atoms with Crippen LogP contribution >= 0.6 is 27.5 Å². The smallest absolute Gasteiger partial charge is 0.125 e. The van der Waals surface area contributed by atoms with E-state index in [2.05, 4.69) is 35.1 Å². The van der Waals surface area contributed by atoms with E-state index in [0.717, 1.165) is 25.1 Å². The Balaban J connectivity index is 2.16. The molecule has 0 heterocycles. The average Bonchev–Trinajstić information content (AvgIpc) is 2.39. The predicted octanol–water partition coefficient (Wildman–Crippen LogP) is 5.25. The zero-order valence-electron chi connectivity index (χ0n) is 12.0. The normalized spacial score (nSPS) is 29.1. The summed E-state index contributed by atoms with van der Waals surface area (Å²) >= 11 is 9.50. The summed E-state index contributed by atoms with van der Waals surface area (Å²) < 4.78 is 19.7. The molecule has 20 heavy (non-hydrogen) atoms. The fourth-order valence-electron chi connectivity index (χ4n) is 2.83. The lowest BCUT2D eigenvalue weighted by molar-refractivity contribution is -0.109. The molecular weight excluding hydrogens is 345 g/mol. The lowest BCUT2D eigenvalue weighted by Gasteiger charge is -2.54. The van der Waals surface area contributed by atoms with Gasteiger partial charge in [-0.3, -0.25) is 0 Å². The summed E-state index contributed by atoms with van der Waals surface area (Å²) in [6.45, 7) is 7.14. The highest BCUT2D eigenvalue weighted by molar-refractivity contribution is 9.10. The Kier molecular flexibility index (Phi) is 4.98. The predicted molar refractivity (Wildman–Crippen MR) is 84.9 cm³/mol. The molecule has 0 spiro atoms. The van der Waals surface area contributed by atoms with E-state index in [4.69, 9.17) is 16.3 Å². The topological polar surface area (TPSA) is 21.3 Å². The summed E-state index contributed by atoms with van der Waals surface area (Å²) in [4.78, 5) is 0. The maximum atomic E-state index is 13.3. The highest BCUT2D eigenvalue weighted by Crippen LogP contribution is 2.48. The molecule has 0 aromatic heterocycles. The minimum atomic E-state index is -0.341. The minimum absolute atomic E-state index is 0.0766. The second-order valence-corrected chi connectivity index (χ2v) is 6.74. The number of ether oxygens (including phenoxy) is 1. The van der Waals surface area contributed by atoms with Gasteiger partial charge in [0.25, 0.3) is 0 Å². The van der Waals surface area contributed by atoms with Crippen LogP contribution in [-0.4, -0.2) is 18.8 Å². The summed E-state index contributed by atoms with van der Waals surface area (Å²) in [7, 11) is 0. The van der Waals surface area contributed by atoms with Crippen molar-refractivity contribution in [2.24, 2.45) is 5.41 Å². The Hall–Kier alpha value is -0.320. The zero-order valence-corrected chi connectivity index (χ0v) is 14.3. The molecule has 0 saturated heterocycles. The summed E-state index contributed by atoms with van der Waals surface area (Å²) in [5.41, 5.74) is 0.834. The van der Waals surface area contributed by atoms with Gasteiger partial charge in [-0.25, -0.2) is 4.39 Å². The number of benzene rings is 1. The molecular formula is C15H20BrClFNO. The number of anilines is 1. The van der Waals surface area contributed by atoms with Gasteiger partial charge in [-0.05, 0) is 47.8 Å². The van der Waals surface area contributed by atoms with Crippen LogP contribution in [0.25, 0.3) is 0 Å². The van der Waals surface area contributed by atoms with Crippen LogP contribution in [-0.2, 0) is 4.74 Å². The van der Waals surface area contributed by atoms with Crippen LogP contribution in [0.5, 0.6) is 0 Å². The fraction of sp³-hybridized carbons (Fsp3) is 0.600. The maximum absolute atomic E-state index is 13.3. The van der Waals surface area contributed by atoms with E-state index < -0.39 is 0 Å².